The Hall–Kier alpha value is -2.32. The highest BCUT2D eigenvalue weighted by Gasteiger charge is 2.18. The lowest BCUT2D eigenvalue weighted by Gasteiger charge is -2.19. The molecule has 0 fully saturated rings. The number of benzene rings is 2. The number of ether oxygens (including phenoxy) is 1. The molecule has 30 heavy (non-hydrogen) atoms. The van der Waals surface area contributed by atoms with Crippen molar-refractivity contribution in [2.75, 3.05) is 6.61 Å². The van der Waals surface area contributed by atoms with Gasteiger partial charge in [0, 0.05) is 17.0 Å². The third kappa shape index (κ3) is 4.87. The molecule has 0 bridgehead atoms. The van der Waals surface area contributed by atoms with Gasteiger partial charge in [0.15, 0.2) is 0 Å². The van der Waals surface area contributed by atoms with E-state index in [0.29, 0.717) is 12.0 Å². The highest BCUT2D eigenvalue weighted by Crippen LogP contribution is 2.34. The average Bonchev–Trinajstić information content (AvgIpc) is 3.21. The summed E-state index contributed by atoms with van der Waals surface area (Å²) >= 11 is 8.93. The zero-order valence-electron chi connectivity index (χ0n) is 15.7. The second-order valence-electron chi connectivity index (χ2n) is 6.47. The van der Waals surface area contributed by atoms with Gasteiger partial charge in [-0.3, -0.25) is 4.72 Å². The summed E-state index contributed by atoms with van der Waals surface area (Å²) in [6.45, 7) is -0.105. The largest absolute Gasteiger partial charge is 0.432 e. The van der Waals surface area contributed by atoms with Crippen LogP contribution < -0.4 is 4.72 Å². The molecule has 2 N–H and O–H groups in total. The quantitative estimate of drug-likeness (QED) is 0.426. The van der Waals surface area contributed by atoms with Crippen molar-refractivity contribution in [3.05, 3.63) is 88.2 Å². The number of aliphatic imine (C=N–C) groups is 1. The molecule has 1 aromatic heterocycles. The summed E-state index contributed by atoms with van der Waals surface area (Å²) in [5.74, 6) is -0.355. The number of nitrogens with zero attached hydrogens (tertiary/aromatic N) is 1. The van der Waals surface area contributed by atoms with Gasteiger partial charge in [-0.25, -0.2) is 9.38 Å². The Morgan fingerprint density at radius 3 is 2.47 bits per heavy atom. The van der Waals surface area contributed by atoms with Crippen LogP contribution in [0.1, 0.15) is 23.6 Å². The van der Waals surface area contributed by atoms with Gasteiger partial charge in [-0.2, -0.15) is 0 Å². The van der Waals surface area contributed by atoms with Crippen LogP contribution in [0.15, 0.2) is 71.9 Å². The molecule has 0 spiro atoms. The summed E-state index contributed by atoms with van der Waals surface area (Å²) in [4.78, 5) is 6.46. The van der Waals surface area contributed by atoms with E-state index in [2.05, 4.69) is 9.71 Å². The van der Waals surface area contributed by atoms with Crippen LogP contribution in [0.5, 0.6) is 0 Å². The van der Waals surface area contributed by atoms with Crippen LogP contribution in [0.2, 0.25) is 4.34 Å². The van der Waals surface area contributed by atoms with Gasteiger partial charge in [-0.15, -0.1) is 11.3 Å². The zero-order chi connectivity index (χ0) is 20.9. The molecule has 0 aliphatic carbocycles. The smallest absolute Gasteiger partial charge is 0.300 e. The highest BCUT2D eigenvalue weighted by molar-refractivity contribution is 8.07. The third-order valence-electron chi connectivity index (χ3n) is 4.49. The predicted molar refractivity (Wildman–Crippen MR) is 123 cm³/mol. The van der Waals surface area contributed by atoms with Crippen molar-refractivity contribution >= 4 is 45.8 Å². The molecule has 1 atom stereocenters. The Morgan fingerprint density at radius 2 is 1.83 bits per heavy atom. The summed E-state index contributed by atoms with van der Waals surface area (Å²) in [6.07, 6.45) is 1.92. The molecular weight excluding hydrogens is 443 g/mol. The first kappa shape index (κ1) is 20.9. The third-order valence-corrected chi connectivity index (χ3v) is 6.60. The van der Waals surface area contributed by atoms with Gasteiger partial charge in [-0.1, -0.05) is 54.1 Å². The van der Waals surface area contributed by atoms with Crippen molar-refractivity contribution in [3.63, 3.8) is 0 Å². The van der Waals surface area contributed by atoms with Crippen LogP contribution in [0.3, 0.4) is 0 Å². The van der Waals surface area contributed by atoms with Crippen LogP contribution in [0, 0.1) is 5.82 Å². The molecule has 2 aromatic carbocycles. The molecule has 0 radical (unpaired) electrons. The molecule has 4 rings (SSSR count). The van der Waals surface area contributed by atoms with E-state index < -0.39 is 6.04 Å². The first-order valence-electron chi connectivity index (χ1n) is 9.23. The lowest BCUT2D eigenvalue weighted by molar-refractivity contribution is 0.274. The second kappa shape index (κ2) is 9.66. The summed E-state index contributed by atoms with van der Waals surface area (Å²) < 4.78 is 23.6. The van der Waals surface area contributed by atoms with Crippen molar-refractivity contribution < 1.29 is 14.2 Å². The van der Waals surface area contributed by atoms with E-state index in [0.717, 1.165) is 25.2 Å². The molecule has 3 aromatic rings. The first-order chi connectivity index (χ1) is 14.6. The van der Waals surface area contributed by atoms with Crippen LogP contribution in [-0.4, -0.2) is 17.7 Å². The molecule has 1 aliphatic rings. The number of rotatable bonds is 6. The fourth-order valence-electron chi connectivity index (χ4n) is 3.01. The van der Waals surface area contributed by atoms with E-state index in [1.165, 1.54) is 29.4 Å². The molecule has 2 heterocycles. The minimum Gasteiger partial charge on any atom is -0.432 e. The Bertz CT molecular complexity index is 1080. The lowest BCUT2D eigenvalue weighted by Crippen LogP contribution is -2.22. The number of aliphatic hydroxyl groups excluding tert-OH is 1. The maximum atomic E-state index is 14.1. The summed E-state index contributed by atoms with van der Waals surface area (Å²) in [6, 6.07) is 18.2. The summed E-state index contributed by atoms with van der Waals surface area (Å²) in [7, 11) is 0. The predicted octanol–water partition coefficient (Wildman–Crippen LogP) is 6.25. The van der Waals surface area contributed by atoms with Crippen molar-refractivity contribution in [3.8, 4) is 10.4 Å². The maximum absolute atomic E-state index is 14.1. The van der Waals surface area contributed by atoms with E-state index in [4.69, 9.17) is 16.3 Å². The Kier molecular flexibility index (Phi) is 6.74. The van der Waals surface area contributed by atoms with Gasteiger partial charge in [0.05, 0.1) is 15.3 Å². The normalized spacial score (nSPS) is 16.0. The second-order valence-corrected chi connectivity index (χ2v) is 9.03. The Morgan fingerprint density at radius 1 is 1.07 bits per heavy atom. The molecule has 8 heteroatoms. The minimum absolute atomic E-state index is 0.105. The van der Waals surface area contributed by atoms with Gasteiger partial charge >= 0.3 is 6.02 Å². The van der Waals surface area contributed by atoms with Gasteiger partial charge in [-0.05, 0) is 47.7 Å². The first-order valence-corrected chi connectivity index (χ1v) is 11.2. The zero-order valence-corrected chi connectivity index (χ0v) is 18.1. The topological polar surface area (TPSA) is 53.9 Å². The van der Waals surface area contributed by atoms with E-state index in [1.807, 2.05) is 36.4 Å². The Labute approximate surface area is 187 Å². The average molecular weight is 461 g/mol. The lowest BCUT2D eigenvalue weighted by atomic mass is 10.0. The molecular formula is C22H18ClFN2O2S2. The van der Waals surface area contributed by atoms with Crippen LogP contribution >= 0.6 is 34.9 Å². The van der Waals surface area contributed by atoms with Crippen molar-refractivity contribution in [1.29, 1.82) is 0 Å². The standard InChI is InChI=1S/C22H18ClFN2O2S2/c23-21-10-9-19(29-21)14-5-7-15(8-6-14)20-13-28-22(26-30-20)25-18(11-12-27)16-3-1-2-4-17(16)24/h1-10,13,18,27H,11-12H2,(H,25,26)/t18-/m0/s1. The number of aliphatic hydroxyl groups is 1. The van der Waals surface area contributed by atoms with E-state index in [-0.39, 0.29) is 18.4 Å². The van der Waals surface area contributed by atoms with Gasteiger partial charge in [0.1, 0.15) is 12.1 Å². The van der Waals surface area contributed by atoms with Gasteiger partial charge < -0.3 is 9.84 Å². The minimum atomic E-state index is -0.536. The number of nitrogens with one attached hydrogen (secondary N) is 1. The van der Waals surface area contributed by atoms with Crippen molar-refractivity contribution in [1.82, 2.24) is 4.72 Å². The molecule has 4 nitrogen and oxygen atoms in total. The highest BCUT2D eigenvalue weighted by atomic mass is 35.5. The van der Waals surface area contributed by atoms with E-state index in [1.54, 1.807) is 24.5 Å². The Balaban J connectivity index is 1.48. The van der Waals surface area contributed by atoms with Crippen molar-refractivity contribution in [2.45, 2.75) is 12.5 Å². The van der Waals surface area contributed by atoms with Crippen LogP contribution in [0.25, 0.3) is 15.3 Å². The number of hydrogen-bond acceptors (Lipinski definition) is 5. The number of hydrogen-bond donors (Lipinski definition) is 2. The fourth-order valence-corrected chi connectivity index (χ4v) is 4.70. The maximum Gasteiger partial charge on any atom is 0.300 e. The van der Waals surface area contributed by atoms with Crippen LogP contribution in [0.4, 0.5) is 4.39 Å². The molecule has 0 unspecified atom stereocenters. The number of halogens is 2. The van der Waals surface area contributed by atoms with E-state index >= 15 is 0 Å². The fraction of sp³-hybridized carbons (Fsp3) is 0.136. The molecule has 0 saturated carbocycles. The number of thiophene rings is 1. The van der Waals surface area contributed by atoms with Gasteiger partial charge in [0.2, 0.25) is 0 Å². The summed E-state index contributed by atoms with van der Waals surface area (Å²) in [5, 5.41) is 9.34. The summed E-state index contributed by atoms with van der Waals surface area (Å²) in [5.41, 5.74) is 2.53. The van der Waals surface area contributed by atoms with E-state index in [9.17, 15) is 9.50 Å². The molecule has 154 valence electrons. The van der Waals surface area contributed by atoms with Crippen LogP contribution in [-0.2, 0) is 4.74 Å². The molecule has 1 aliphatic heterocycles. The SMILES string of the molecule is OCC[C@H](N=C1NSC(c2ccc(-c3ccc(Cl)s3)cc2)=CO1)c1ccccc1F. The van der Waals surface area contributed by atoms with Crippen molar-refractivity contribution in [2.24, 2.45) is 4.99 Å². The monoisotopic (exact) mass is 460 g/mol. The molecule has 0 saturated heterocycles. The number of amidine groups is 1. The van der Waals surface area contributed by atoms with Gasteiger partial charge in [0.25, 0.3) is 0 Å². The molecule has 0 amide bonds.